The number of ether oxygens (including phenoxy) is 4. The number of aryl methyl sites for hydroxylation is 1. The van der Waals surface area contributed by atoms with E-state index in [1.165, 1.54) is 25.1 Å². The predicted octanol–water partition coefficient (Wildman–Crippen LogP) is -1.60. The van der Waals surface area contributed by atoms with E-state index in [0.717, 1.165) is 0 Å². The Balaban J connectivity index is 1.58. The van der Waals surface area contributed by atoms with Gasteiger partial charge in [-0.25, -0.2) is 0 Å². The number of aliphatic hydroxyl groups excluding tert-OH is 6. The maximum atomic E-state index is 12.1. The lowest BCUT2D eigenvalue weighted by atomic mass is 9.96. The zero-order chi connectivity index (χ0) is 27.2. The Hall–Kier alpha value is -2.59. The molecule has 2 aromatic carbocycles. The van der Waals surface area contributed by atoms with Crippen molar-refractivity contribution in [2.24, 2.45) is 0 Å². The maximum absolute atomic E-state index is 12.1. The summed E-state index contributed by atoms with van der Waals surface area (Å²) in [7, 11) is 0. The van der Waals surface area contributed by atoms with E-state index in [2.05, 4.69) is 0 Å². The number of rotatable bonds is 6. The Morgan fingerprint density at radius 3 is 2.32 bits per heavy atom. The second kappa shape index (κ2) is 10.6. The lowest BCUT2D eigenvalue weighted by molar-refractivity contribution is -0.307. The maximum Gasteiger partial charge on any atom is 0.229 e. The van der Waals surface area contributed by atoms with Crippen LogP contribution in [0.15, 0.2) is 18.2 Å². The standard InChI is InChI=1S/C24H30O13/c1-8-5-10-11(26)3-4-13(16(10)19(30)15(8)9(2)25)36-24-22(33)20(31)18(29)14(37-24)7-35-23-21(32)17(28)12(27)6-34-23/h3-5,12,14,17-18,20-24,26-33H,6-7H2,1-2H3. The normalized spacial score (nSPS) is 34.4. The molecule has 13 heteroatoms. The van der Waals surface area contributed by atoms with E-state index < -0.39 is 73.4 Å². The van der Waals surface area contributed by atoms with Gasteiger partial charge in [0.2, 0.25) is 6.29 Å². The fraction of sp³-hybridized carbons (Fsp3) is 0.542. The van der Waals surface area contributed by atoms with Gasteiger partial charge in [-0.05, 0) is 37.6 Å². The number of hydrogen-bond donors (Lipinski definition) is 8. The van der Waals surface area contributed by atoms with Crippen LogP contribution < -0.4 is 4.74 Å². The second-order valence-corrected chi connectivity index (χ2v) is 9.19. The van der Waals surface area contributed by atoms with Crippen LogP contribution in [0.5, 0.6) is 17.2 Å². The van der Waals surface area contributed by atoms with E-state index in [1.54, 1.807) is 6.92 Å². The molecule has 0 aliphatic carbocycles. The van der Waals surface area contributed by atoms with Gasteiger partial charge in [0.05, 0.1) is 24.2 Å². The van der Waals surface area contributed by atoms with Gasteiger partial charge in [0, 0.05) is 5.39 Å². The van der Waals surface area contributed by atoms with Gasteiger partial charge in [0.15, 0.2) is 12.1 Å². The Morgan fingerprint density at radius 2 is 1.65 bits per heavy atom. The van der Waals surface area contributed by atoms with Gasteiger partial charge in [-0.1, -0.05) is 0 Å². The molecule has 9 unspecified atom stereocenters. The highest BCUT2D eigenvalue weighted by Crippen LogP contribution is 2.43. The van der Waals surface area contributed by atoms with Crippen LogP contribution in [0.3, 0.4) is 0 Å². The molecule has 0 amide bonds. The zero-order valence-corrected chi connectivity index (χ0v) is 20.0. The summed E-state index contributed by atoms with van der Waals surface area (Å²) in [6.07, 6.45) is -13.9. The summed E-state index contributed by atoms with van der Waals surface area (Å²) >= 11 is 0. The molecule has 2 aromatic rings. The summed E-state index contributed by atoms with van der Waals surface area (Å²) in [4.78, 5) is 12.1. The molecule has 2 heterocycles. The molecule has 0 spiro atoms. The first-order valence-electron chi connectivity index (χ1n) is 11.5. The smallest absolute Gasteiger partial charge is 0.229 e. The first kappa shape index (κ1) is 27.4. The topological polar surface area (TPSA) is 216 Å². The molecule has 8 N–H and O–H groups in total. The lowest BCUT2D eigenvalue weighted by Crippen LogP contribution is -2.61. The third kappa shape index (κ3) is 5.10. The Labute approximate surface area is 210 Å². The molecule has 2 aliphatic heterocycles. The number of ketones is 1. The number of carbonyl (C=O) groups excluding carboxylic acids is 1. The molecule has 2 saturated heterocycles. The molecule has 2 fully saturated rings. The molecule has 9 atom stereocenters. The van der Waals surface area contributed by atoms with Gasteiger partial charge < -0.3 is 59.8 Å². The summed E-state index contributed by atoms with van der Waals surface area (Å²) in [6.45, 7) is 2.06. The van der Waals surface area contributed by atoms with Crippen molar-refractivity contribution in [3.05, 3.63) is 29.3 Å². The molecule has 2 aliphatic rings. The van der Waals surface area contributed by atoms with Crippen LogP contribution in [0.25, 0.3) is 10.8 Å². The van der Waals surface area contributed by atoms with E-state index in [-0.39, 0.29) is 34.4 Å². The molecule has 0 aromatic heterocycles. The third-order valence-electron chi connectivity index (χ3n) is 6.56. The van der Waals surface area contributed by atoms with E-state index in [0.29, 0.717) is 5.56 Å². The van der Waals surface area contributed by atoms with Gasteiger partial charge in [-0.15, -0.1) is 0 Å². The van der Waals surface area contributed by atoms with Gasteiger partial charge in [-0.3, -0.25) is 4.79 Å². The van der Waals surface area contributed by atoms with Crippen molar-refractivity contribution in [3.63, 3.8) is 0 Å². The van der Waals surface area contributed by atoms with Crippen molar-refractivity contribution < 1.29 is 64.6 Å². The second-order valence-electron chi connectivity index (χ2n) is 9.19. The number of aromatic hydroxyl groups is 2. The van der Waals surface area contributed by atoms with Gasteiger partial charge in [-0.2, -0.15) is 0 Å². The number of benzene rings is 2. The van der Waals surface area contributed by atoms with E-state index >= 15 is 0 Å². The van der Waals surface area contributed by atoms with Crippen LogP contribution in [-0.2, 0) is 14.2 Å². The van der Waals surface area contributed by atoms with Crippen molar-refractivity contribution >= 4 is 16.6 Å². The molecule has 4 rings (SSSR count). The highest BCUT2D eigenvalue weighted by molar-refractivity contribution is 6.08. The van der Waals surface area contributed by atoms with E-state index in [4.69, 9.17) is 18.9 Å². The highest BCUT2D eigenvalue weighted by Gasteiger charge is 2.46. The molecule has 0 bridgehead atoms. The molecule has 0 radical (unpaired) electrons. The van der Waals surface area contributed by atoms with Crippen LogP contribution >= 0.6 is 0 Å². The first-order chi connectivity index (χ1) is 17.4. The molecule has 13 nitrogen and oxygen atoms in total. The molecular formula is C24H30O13. The van der Waals surface area contributed by atoms with Crippen molar-refractivity contribution in [2.75, 3.05) is 13.2 Å². The lowest BCUT2D eigenvalue weighted by Gasteiger charge is -2.41. The van der Waals surface area contributed by atoms with Crippen molar-refractivity contribution in [2.45, 2.75) is 69.2 Å². The average Bonchev–Trinajstić information content (AvgIpc) is 2.84. The summed E-state index contributed by atoms with van der Waals surface area (Å²) in [5.74, 6) is -1.19. The minimum atomic E-state index is -1.76. The third-order valence-corrected chi connectivity index (χ3v) is 6.56. The number of hydrogen-bond acceptors (Lipinski definition) is 13. The zero-order valence-electron chi connectivity index (χ0n) is 20.0. The summed E-state index contributed by atoms with van der Waals surface area (Å²) in [6, 6.07) is 4.03. The number of phenols is 2. The average molecular weight is 526 g/mol. The Kier molecular flexibility index (Phi) is 7.90. The van der Waals surface area contributed by atoms with E-state index in [1.807, 2.05) is 0 Å². The monoisotopic (exact) mass is 526 g/mol. The van der Waals surface area contributed by atoms with Crippen LogP contribution in [0.1, 0.15) is 22.8 Å². The Bertz CT molecular complexity index is 1150. The summed E-state index contributed by atoms with van der Waals surface area (Å²) in [5.41, 5.74) is 0.424. The molecule has 204 valence electrons. The molecule has 37 heavy (non-hydrogen) atoms. The summed E-state index contributed by atoms with van der Waals surface area (Å²) < 4.78 is 21.9. The van der Waals surface area contributed by atoms with E-state index in [9.17, 15) is 45.6 Å². The predicted molar refractivity (Wildman–Crippen MR) is 123 cm³/mol. The van der Waals surface area contributed by atoms with Crippen LogP contribution in [0.2, 0.25) is 0 Å². The molecule has 0 saturated carbocycles. The highest BCUT2D eigenvalue weighted by atomic mass is 16.7. The number of fused-ring (bicyclic) bond motifs is 1. The van der Waals surface area contributed by atoms with Gasteiger partial charge >= 0.3 is 0 Å². The fourth-order valence-corrected chi connectivity index (χ4v) is 4.51. The number of carbonyl (C=O) groups is 1. The largest absolute Gasteiger partial charge is 0.507 e. The van der Waals surface area contributed by atoms with Crippen LogP contribution in [0, 0.1) is 6.92 Å². The molecular weight excluding hydrogens is 496 g/mol. The van der Waals surface area contributed by atoms with Gasteiger partial charge in [0.25, 0.3) is 0 Å². The van der Waals surface area contributed by atoms with Crippen molar-refractivity contribution in [1.29, 1.82) is 0 Å². The first-order valence-corrected chi connectivity index (χ1v) is 11.5. The van der Waals surface area contributed by atoms with Crippen molar-refractivity contribution in [1.82, 2.24) is 0 Å². The quantitative estimate of drug-likeness (QED) is 0.199. The number of aliphatic hydroxyl groups is 6. The minimum Gasteiger partial charge on any atom is -0.507 e. The summed E-state index contributed by atoms with van der Waals surface area (Å²) in [5, 5.41) is 81.9. The number of phenolic OH excluding ortho intramolecular Hbond substituents is 2. The van der Waals surface area contributed by atoms with Crippen LogP contribution in [0.4, 0.5) is 0 Å². The number of Topliss-reactive ketones (excluding diaryl/α,β-unsaturated/α-hetero) is 1. The fourth-order valence-electron chi connectivity index (χ4n) is 4.51. The Morgan fingerprint density at radius 1 is 0.973 bits per heavy atom. The van der Waals surface area contributed by atoms with Crippen LogP contribution in [-0.4, -0.2) is 115 Å². The SMILES string of the molecule is CC(=O)c1c(C)cc2c(O)ccc(OC3OC(COC4OCC(O)C(O)C4O)C(O)C(O)C3O)c2c1O. The minimum absolute atomic E-state index is 0.00754. The van der Waals surface area contributed by atoms with Crippen molar-refractivity contribution in [3.8, 4) is 17.2 Å². The van der Waals surface area contributed by atoms with Gasteiger partial charge in [0.1, 0.15) is 60.0 Å².